The van der Waals surface area contributed by atoms with E-state index in [0.29, 0.717) is 12.0 Å². The van der Waals surface area contributed by atoms with E-state index in [1.54, 1.807) is 6.07 Å². The number of phenols is 2. The van der Waals surface area contributed by atoms with Gasteiger partial charge in [-0.05, 0) is 24.6 Å². The van der Waals surface area contributed by atoms with Crippen LogP contribution >= 0.6 is 0 Å². The van der Waals surface area contributed by atoms with E-state index in [9.17, 15) is 9.90 Å². The molecule has 0 spiro atoms. The van der Waals surface area contributed by atoms with Crippen molar-refractivity contribution < 1.29 is 15.0 Å². The lowest BCUT2D eigenvalue weighted by Crippen LogP contribution is -1.98. The molecule has 0 atom stereocenters. The fraction of sp³-hybridized carbons (Fsp3) is 0.500. The van der Waals surface area contributed by atoms with E-state index in [4.69, 9.17) is 5.11 Å². The van der Waals surface area contributed by atoms with Gasteiger partial charge in [0.1, 0.15) is 0 Å². The first-order valence-corrected chi connectivity index (χ1v) is 6.20. The Kier molecular flexibility index (Phi) is 5.53. The Labute approximate surface area is 102 Å². The van der Waals surface area contributed by atoms with Crippen LogP contribution in [-0.4, -0.2) is 16.0 Å². The summed E-state index contributed by atoms with van der Waals surface area (Å²) in [5, 5.41) is 18.4. The van der Waals surface area contributed by atoms with Gasteiger partial charge in [-0.2, -0.15) is 0 Å². The molecule has 0 fully saturated rings. The highest BCUT2D eigenvalue weighted by atomic mass is 16.3. The van der Waals surface area contributed by atoms with E-state index in [-0.39, 0.29) is 17.3 Å². The first-order valence-electron chi connectivity index (χ1n) is 6.20. The van der Waals surface area contributed by atoms with Crippen LogP contribution in [0.5, 0.6) is 11.5 Å². The predicted octanol–water partition coefficient (Wildman–Crippen LogP) is 3.64. The van der Waals surface area contributed by atoms with Gasteiger partial charge in [0.25, 0.3) is 0 Å². The maximum Gasteiger partial charge on any atom is 0.163 e. The number of hydrogen-bond acceptors (Lipinski definition) is 3. The Hall–Kier alpha value is -1.51. The summed E-state index contributed by atoms with van der Waals surface area (Å²) < 4.78 is 0. The van der Waals surface area contributed by atoms with Crippen molar-refractivity contribution in [3.8, 4) is 11.5 Å². The molecule has 0 aliphatic heterocycles. The van der Waals surface area contributed by atoms with E-state index in [1.807, 2.05) is 0 Å². The van der Waals surface area contributed by atoms with Crippen LogP contribution in [-0.2, 0) is 0 Å². The molecule has 17 heavy (non-hydrogen) atoms. The van der Waals surface area contributed by atoms with E-state index in [2.05, 4.69) is 6.92 Å². The third kappa shape index (κ3) is 4.47. The highest BCUT2D eigenvalue weighted by Crippen LogP contribution is 2.25. The van der Waals surface area contributed by atoms with Crippen LogP contribution < -0.4 is 0 Å². The Balaban J connectivity index is 2.39. The normalized spacial score (nSPS) is 10.4. The van der Waals surface area contributed by atoms with Gasteiger partial charge >= 0.3 is 0 Å². The van der Waals surface area contributed by atoms with Crippen molar-refractivity contribution in [3.63, 3.8) is 0 Å². The molecule has 0 heterocycles. The van der Waals surface area contributed by atoms with Gasteiger partial charge in [-0.1, -0.05) is 32.6 Å². The Bertz CT molecular complexity index is 372. The lowest BCUT2D eigenvalue weighted by atomic mass is 10.0. The molecule has 1 rings (SSSR count). The summed E-state index contributed by atoms with van der Waals surface area (Å²) in [5.41, 5.74) is 0.468. The molecule has 3 heteroatoms. The molecule has 0 aliphatic carbocycles. The Morgan fingerprint density at radius 1 is 1.06 bits per heavy atom. The summed E-state index contributed by atoms with van der Waals surface area (Å²) in [4.78, 5) is 11.7. The van der Waals surface area contributed by atoms with Crippen molar-refractivity contribution in [1.29, 1.82) is 0 Å². The minimum Gasteiger partial charge on any atom is -0.504 e. The molecule has 0 bridgehead atoms. The van der Waals surface area contributed by atoms with Crippen LogP contribution in [0.4, 0.5) is 0 Å². The number of carbonyl (C=O) groups excluding carboxylic acids is 1. The summed E-state index contributed by atoms with van der Waals surface area (Å²) in [6.45, 7) is 2.16. The van der Waals surface area contributed by atoms with Crippen molar-refractivity contribution in [2.75, 3.05) is 0 Å². The zero-order valence-corrected chi connectivity index (χ0v) is 10.3. The second-order valence-corrected chi connectivity index (χ2v) is 4.29. The predicted molar refractivity (Wildman–Crippen MR) is 67.5 cm³/mol. The molecule has 0 saturated heterocycles. The van der Waals surface area contributed by atoms with Gasteiger partial charge in [0.05, 0.1) is 0 Å². The highest BCUT2D eigenvalue weighted by molar-refractivity contribution is 5.96. The van der Waals surface area contributed by atoms with Crippen LogP contribution in [0.3, 0.4) is 0 Å². The van der Waals surface area contributed by atoms with Crippen molar-refractivity contribution in [2.45, 2.75) is 45.4 Å². The molecular formula is C14H20O3. The third-order valence-corrected chi connectivity index (χ3v) is 2.80. The summed E-state index contributed by atoms with van der Waals surface area (Å²) in [7, 11) is 0. The van der Waals surface area contributed by atoms with Crippen LogP contribution in [0.25, 0.3) is 0 Å². The molecular weight excluding hydrogens is 216 g/mol. The number of rotatable bonds is 7. The summed E-state index contributed by atoms with van der Waals surface area (Å²) in [6, 6.07) is 4.22. The van der Waals surface area contributed by atoms with Crippen molar-refractivity contribution in [3.05, 3.63) is 23.8 Å². The number of carbonyl (C=O) groups is 1. The van der Waals surface area contributed by atoms with Gasteiger partial charge in [0.2, 0.25) is 0 Å². The van der Waals surface area contributed by atoms with Crippen LogP contribution in [0, 0.1) is 0 Å². The van der Waals surface area contributed by atoms with E-state index in [0.717, 1.165) is 12.8 Å². The Morgan fingerprint density at radius 2 is 1.76 bits per heavy atom. The van der Waals surface area contributed by atoms with Crippen molar-refractivity contribution >= 4 is 5.78 Å². The van der Waals surface area contributed by atoms with E-state index >= 15 is 0 Å². The molecule has 0 aromatic heterocycles. The molecule has 1 aromatic rings. The molecule has 0 saturated carbocycles. The standard InChI is InChI=1S/C14H20O3/c1-2-3-4-5-6-7-12(15)11-8-9-13(16)14(17)10-11/h8-10,16-17H,2-7H2,1H3. The number of phenolic OH excluding ortho intramolecular Hbond substituents is 2. The van der Waals surface area contributed by atoms with Crippen LogP contribution in [0.15, 0.2) is 18.2 Å². The zero-order chi connectivity index (χ0) is 12.7. The fourth-order valence-corrected chi connectivity index (χ4v) is 1.73. The zero-order valence-electron chi connectivity index (χ0n) is 10.3. The van der Waals surface area contributed by atoms with Crippen LogP contribution in [0.1, 0.15) is 55.8 Å². The molecule has 3 nitrogen and oxygen atoms in total. The smallest absolute Gasteiger partial charge is 0.163 e. The van der Waals surface area contributed by atoms with E-state index < -0.39 is 0 Å². The lowest BCUT2D eigenvalue weighted by Gasteiger charge is -2.03. The number of ketones is 1. The number of benzene rings is 1. The maximum atomic E-state index is 11.7. The minimum atomic E-state index is -0.234. The average Bonchev–Trinajstić information content (AvgIpc) is 2.32. The van der Waals surface area contributed by atoms with Gasteiger partial charge in [-0.25, -0.2) is 0 Å². The highest BCUT2D eigenvalue weighted by Gasteiger charge is 2.08. The molecule has 2 N–H and O–H groups in total. The van der Waals surface area contributed by atoms with Gasteiger partial charge in [0, 0.05) is 12.0 Å². The van der Waals surface area contributed by atoms with Gasteiger partial charge in [-0.3, -0.25) is 4.79 Å². The average molecular weight is 236 g/mol. The monoisotopic (exact) mass is 236 g/mol. The summed E-state index contributed by atoms with van der Waals surface area (Å²) >= 11 is 0. The minimum absolute atomic E-state index is 0.0248. The molecule has 0 unspecified atom stereocenters. The van der Waals surface area contributed by atoms with Crippen molar-refractivity contribution in [1.82, 2.24) is 0 Å². The molecule has 0 amide bonds. The number of Topliss-reactive ketones (excluding diaryl/α,β-unsaturated/α-hetero) is 1. The molecule has 94 valence electrons. The number of unbranched alkanes of at least 4 members (excludes halogenated alkanes) is 4. The van der Waals surface area contributed by atoms with E-state index in [1.165, 1.54) is 31.4 Å². The quantitative estimate of drug-likeness (QED) is 0.431. The first kappa shape index (κ1) is 13.6. The largest absolute Gasteiger partial charge is 0.504 e. The second kappa shape index (κ2) is 6.94. The lowest BCUT2D eigenvalue weighted by molar-refractivity contribution is 0.0978. The topological polar surface area (TPSA) is 57.5 Å². The SMILES string of the molecule is CCCCCCCC(=O)c1ccc(O)c(O)c1. The third-order valence-electron chi connectivity index (χ3n) is 2.80. The van der Waals surface area contributed by atoms with Gasteiger partial charge in [0.15, 0.2) is 17.3 Å². The number of hydrogen-bond donors (Lipinski definition) is 2. The van der Waals surface area contributed by atoms with Crippen molar-refractivity contribution in [2.24, 2.45) is 0 Å². The van der Waals surface area contributed by atoms with Gasteiger partial charge in [-0.15, -0.1) is 0 Å². The van der Waals surface area contributed by atoms with Crippen LogP contribution in [0.2, 0.25) is 0 Å². The number of aromatic hydroxyl groups is 2. The molecule has 0 aliphatic rings. The second-order valence-electron chi connectivity index (χ2n) is 4.29. The summed E-state index contributed by atoms with van der Waals surface area (Å²) in [6.07, 6.45) is 6.05. The Morgan fingerprint density at radius 3 is 2.41 bits per heavy atom. The first-order chi connectivity index (χ1) is 8.15. The summed E-state index contributed by atoms with van der Waals surface area (Å²) in [5.74, 6) is -0.400. The molecule has 1 aromatic carbocycles. The fourth-order valence-electron chi connectivity index (χ4n) is 1.73. The maximum absolute atomic E-state index is 11.7. The van der Waals surface area contributed by atoms with Gasteiger partial charge < -0.3 is 10.2 Å². The molecule has 0 radical (unpaired) electrons.